The van der Waals surface area contributed by atoms with Gasteiger partial charge in [-0.05, 0) is 33.5 Å². The van der Waals surface area contributed by atoms with Crippen LogP contribution in [-0.2, 0) is 11.3 Å². The van der Waals surface area contributed by atoms with Gasteiger partial charge < -0.3 is 9.88 Å². The number of rotatable bonds is 6. The molecule has 0 aliphatic heterocycles. The molecule has 1 atom stereocenters. The SMILES string of the molecule is O=C(NCCn1ccc2ccccc21)[C@H](c1ccccc1)n1cnnn1. The summed E-state index contributed by atoms with van der Waals surface area (Å²) in [5.74, 6) is -0.139. The normalized spacial score (nSPS) is 12.2. The topological polar surface area (TPSA) is 77.6 Å². The molecule has 0 bridgehead atoms. The van der Waals surface area contributed by atoms with E-state index in [-0.39, 0.29) is 5.91 Å². The summed E-state index contributed by atoms with van der Waals surface area (Å²) in [5, 5.41) is 15.4. The highest BCUT2D eigenvalue weighted by molar-refractivity contribution is 5.83. The van der Waals surface area contributed by atoms with Crippen LogP contribution in [-0.4, -0.2) is 37.2 Å². The number of tetrazole rings is 1. The molecule has 0 fully saturated rings. The molecule has 26 heavy (non-hydrogen) atoms. The highest BCUT2D eigenvalue weighted by Crippen LogP contribution is 2.17. The van der Waals surface area contributed by atoms with Crippen LogP contribution in [0.4, 0.5) is 0 Å². The van der Waals surface area contributed by atoms with Crippen molar-refractivity contribution in [3.8, 4) is 0 Å². The molecule has 0 saturated heterocycles. The molecule has 1 amide bonds. The van der Waals surface area contributed by atoms with Crippen LogP contribution in [0.15, 0.2) is 73.2 Å². The highest BCUT2D eigenvalue weighted by Gasteiger charge is 2.23. The maximum Gasteiger partial charge on any atom is 0.249 e. The van der Waals surface area contributed by atoms with E-state index < -0.39 is 6.04 Å². The van der Waals surface area contributed by atoms with Crippen molar-refractivity contribution < 1.29 is 4.79 Å². The zero-order valence-electron chi connectivity index (χ0n) is 14.1. The van der Waals surface area contributed by atoms with Crippen molar-refractivity contribution in [3.63, 3.8) is 0 Å². The molecule has 130 valence electrons. The number of nitrogens with zero attached hydrogens (tertiary/aromatic N) is 5. The molecule has 1 N–H and O–H groups in total. The van der Waals surface area contributed by atoms with Crippen molar-refractivity contribution >= 4 is 16.8 Å². The van der Waals surface area contributed by atoms with E-state index in [2.05, 4.69) is 43.6 Å². The van der Waals surface area contributed by atoms with E-state index >= 15 is 0 Å². The molecular weight excluding hydrogens is 328 g/mol. The van der Waals surface area contributed by atoms with Crippen molar-refractivity contribution in [3.05, 3.63) is 78.8 Å². The van der Waals surface area contributed by atoms with Gasteiger partial charge in [0.15, 0.2) is 6.04 Å². The standard InChI is InChI=1S/C19H18N6O/c26-19(18(25-14-21-22-23-25)16-7-2-1-3-8-16)20-11-13-24-12-10-15-6-4-5-9-17(15)24/h1-10,12,14,18H,11,13H2,(H,20,26)/t18-/m0/s1. The van der Waals surface area contributed by atoms with Gasteiger partial charge in [-0.15, -0.1) is 5.10 Å². The van der Waals surface area contributed by atoms with Crippen LogP contribution < -0.4 is 5.32 Å². The molecule has 0 spiro atoms. The van der Waals surface area contributed by atoms with Gasteiger partial charge in [0.1, 0.15) is 6.33 Å². The Balaban J connectivity index is 1.47. The Morgan fingerprint density at radius 3 is 2.65 bits per heavy atom. The predicted octanol–water partition coefficient (Wildman–Crippen LogP) is 2.03. The number of para-hydroxylation sites is 1. The summed E-state index contributed by atoms with van der Waals surface area (Å²) >= 11 is 0. The second kappa shape index (κ2) is 7.18. The molecule has 4 aromatic rings. The minimum absolute atomic E-state index is 0.139. The zero-order chi connectivity index (χ0) is 17.8. The van der Waals surface area contributed by atoms with Crippen LogP contribution in [0.25, 0.3) is 10.9 Å². The molecule has 2 heterocycles. The molecular formula is C19H18N6O. The molecule has 0 unspecified atom stereocenters. The van der Waals surface area contributed by atoms with E-state index in [9.17, 15) is 4.79 Å². The number of hydrogen-bond acceptors (Lipinski definition) is 4. The summed E-state index contributed by atoms with van der Waals surface area (Å²) in [6.45, 7) is 1.21. The van der Waals surface area contributed by atoms with Crippen LogP contribution in [0.3, 0.4) is 0 Å². The van der Waals surface area contributed by atoms with Gasteiger partial charge in [0.25, 0.3) is 0 Å². The van der Waals surface area contributed by atoms with E-state index in [4.69, 9.17) is 0 Å². The predicted molar refractivity (Wildman–Crippen MR) is 97.3 cm³/mol. The fourth-order valence-corrected chi connectivity index (χ4v) is 3.08. The van der Waals surface area contributed by atoms with E-state index in [1.54, 1.807) is 0 Å². The Morgan fingerprint density at radius 2 is 1.85 bits per heavy atom. The third-order valence-electron chi connectivity index (χ3n) is 4.33. The Kier molecular flexibility index (Phi) is 4.42. The fourth-order valence-electron chi connectivity index (χ4n) is 3.08. The van der Waals surface area contributed by atoms with Crippen molar-refractivity contribution in [2.75, 3.05) is 6.54 Å². The first-order valence-corrected chi connectivity index (χ1v) is 8.42. The minimum atomic E-state index is -0.590. The smallest absolute Gasteiger partial charge is 0.249 e. The molecule has 0 aliphatic carbocycles. The maximum atomic E-state index is 12.8. The Bertz CT molecular complexity index is 993. The van der Waals surface area contributed by atoms with E-state index in [0.717, 1.165) is 11.1 Å². The maximum absolute atomic E-state index is 12.8. The van der Waals surface area contributed by atoms with Gasteiger partial charge >= 0.3 is 0 Å². The summed E-state index contributed by atoms with van der Waals surface area (Å²) in [5.41, 5.74) is 1.99. The van der Waals surface area contributed by atoms with Gasteiger partial charge in [-0.2, -0.15) is 0 Å². The fraction of sp³-hybridized carbons (Fsp3) is 0.158. The van der Waals surface area contributed by atoms with Crippen LogP contribution in [0.1, 0.15) is 11.6 Å². The average Bonchev–Trinajstić information content (AvgIpc) is 3.34. The minimum Gasteiger partial charge on any atom is -0.352 e. The quantitative estimate of drug-likeness (QED) is 0.579. The Labute approximate surface area is 150 Å². The number of amides is 1. The molecule has 2 aromatic heterocycles. The third kappa shape index (κ3) is 3.19. The van der Waals surface area contributed by atoms with Crippen molar-refractivity contribution in [2.24, 2.45) is 0 Å². The molecule has 0 saturated carbocycles. The largest absolute Gasteiger partial charge is 0.352 e. The number of fused-ring (bicyclic) bond motifs is 1. The van der Waals surface area contributed by atoms with Crippen molar-refractivity contribution in [1.29, 1.82) is 0 Å². The number of hydrogen-bond donors (Lipinski definition) is 1. The lowest BCUT2D eigenvalue weighted by Gasteiger charge is -2.17. The van der Waals surface area contributed by atoms with E-state index in [1.165, 1.54) is 16.4 Å². The lowest BCUT2D eigenvalue weighted by Crippen LogP contribution is -2.35. The lowest BCUT2D eigenvalue weighted by atomic mass is 10.1. The third-order valence-corrected chi connectivity index (χ3v) is 4.33. The second-order valence-electron chi connectivity index (χ2n) is 5.96. The molecule has 4 rings (SSSR count). The molecule has 2 aromatic carbocycles. The van der Waals surface area contributed by atoms with Crippen LogP contribution >= 0.6 is 0 Å². The van der Waals surface area contributed by atoms with Crippen molar-refractivity contribution in [2.45, 2.75) is 12.6 Å². The van der Waals surface area contributed by atoms with Gasteiger partial charge in [-0.25, -0.2) is 4.68 Å². The lowest BCUT2D eigenvalue weighted by molar-refractivity contribution is -0.123. The molecule has 7 nitrogen and oxygen atoms in total. The van der Waals surface area contributed by atoms with Gasteiger partial charge in [-0.3, -0.25) is 4.79 Å². The van der Waals surface area contributed by atoms with E-state index in [0.29, 0.717) is 13.1 Å². The van der Waals surface area contributed by atoms with Crippen LogP contribution in [0.5, 0.6) is 0 Å². The molecule has 0 radical (unpaired) electrons. The summed E-state index contributed by atoms with van der Waals surface area (Å²) in [7, 11) is 0. The van der Waals surface area contributed by atoms with Crippen LogP contribution in [0.2, 0.25) is 0 Å². The number of carbonyl (C=O) groups excluding carboxylic acids is 1. The average molecular weight is 346 g/mol. The number of carbonyl (C=O) groups is 1. The first-order chi connectivity index (χ1) is 12.8. The molecule has 7 heteroatoms. The molecule has 0 aliphatic rings. The monoisotopic (exact) mass is 346 g/mol. The summed E-state index contributed by atoms with van der Waals surface area (Å²) in [6.07, 6.45) is 3.49. The summed E-state index contributed by atoms with van der Waals surface area (Å²) in [4.78, 5) is 12.8. The zero-order valence-corrected chi connectivity index (χ0v) is 14.1. The van der Waals surface area contributed by atoms with Gasteiger partial charge in [0.2, 0.25) is 5.91 Å². The number of aromatic nitrogens is 5. The van der Waals surface area contributed by atoms with E-state index in [1.807, 2.05) is 48.7 Å². The first-order valence-electron chi connectivity index (χ1n) is 8.42. The van der Waals surface area contributed by atoms with Gasteiger partial charge in [-0.1, -0.05) is 48.5 Å². The first kappa shape index (κ1) is 16.0. The Hall–Kier alpha value is -3.48. The van der Waals surface area contributed by atoms with Gasteiger partial charge in [0, 0.05) is 24.8 Å². The highest BCUT2D eigenvalue weighted by atomic mass is 16.2. The van der Waals surface area contributed by atoms with Crippen LogP contribution in [0, 0.1) is 0 Å². The van der Waals surface area contributed by atoms with Gasteiger partial charge in [0.05, 0.1) is 0 Å². The summed E-state index contributed by atoms with van der Waals surface area (Å²) < 4.78 is 3.60. The number of benzene rings is 2. The number of nitrogens with one attached hydrogen (secondary N) is 1. The Morgan fingerprint density at radius 1 is 1.04 bits per heavy atom. The summed E-state index contributed by atoms with van der Waals surface area (Å²) in [6, 6.07) is 19.2. The van der Waals surface area contributed by atoms with Crippen molar-refractivity contribution in [1.82, 2.24) is 30.1 Å². The second-order valence-corrected chi connectivity index (χ2v) is 5.96.